The lowest BCUT2D eigenvalue weighted by molar-refractivity contribution is -0.462. The average Bonchev–Trinajstić information content (AvgIpc) is 2.62. The fraction of sp³-hybridized carbons (Fsp3) is 0.200. The Hall–Kier alpha value is -3.08. The molecular weight excluding hydrogens is 318 g/mol. The number of carbonyl (C=O) groups excluding carboxylic acids is 1. The first-order valence-corrected chi connectivity index (χ1v) is 7.81. The van der Waals surface area contributed by atoms with Crippen LogP contribution in [-0.2, 0) is 4.79 Å². The third-order valence-electron chi connectivity index (χ3n) is 4.25. The molecule has 5 heteroatoms. The van der Waals surface area contributed by atoms with E-state index in [1.54, 1.807) is 30.4 Å². The lowest BCUT2D eigenvalue weighted by atomic mass is 9.80. The predicted molar refractivity (Wildman–Crippen MR) is 93.9 cm³/mol. The van der Waals surface area contributed by atoms with E-state index in [0.29, 0.717) is 22.6 Å². The zero-order valence-electron chi connectivity index (χ0n) is 14.6. The molecule has 0 aromatic heterocycles. The summed E-state index contributed by atoms with van der Waals surface area (Å²) >= 11 is 0. The molecule has 0 spiro atoms. The predicted octanol–water partition coefficient (Wildman–Crippen LogP) is 1.49. The van der Waals surface area contributed by atoms with E-state index in [0.717, 1.165) is 5.71 Å². The Morgan fingerprint density at radius 2 is 1.56 bits per heavy atom. The van der Waals surface area contributed by atoms with Crippen molar-refractivity contribution in [2.24, 2.45) is 0 Å². The van der Waals surface area contributed by atoms with Crippen LogP contribution in [0.1, 0.15) is 5.56 Å². The number of carbonyl (C=O) groups is 1. The maximum Gasteiger partial charge on any atom is 0.199 e. The number of rotatable bonds is 3. The maximum absolute atomic E-state index is 12.6. The van der Waals surface area contributed by atoms with Crippen molar-refractivity contribution in [3.63, 3.8) is 0 Å². The molecule has 0 unspecified atom stereocenters. The van der Waals surface area contributed by atoms with Crippen LogP contribution in [0.3, 0.4) is 0 Å². The van der Waals surface area contributed by atoms with Gasteiger partial charge in [0.15, 0.2) is 23.0 Å². The Morgan fingerprint density at radius 3 is 2.08 bits per heavy atom. The Bertz CT molecular complexity index is 892. The fourth-order valence-corrected chi connectivity index (χ4v) is 2.84. The third kappa shape index (κ3) is 2.78. The molecule has 0 saturated carbocycles. The zero-order valence-corrected chi connectivity index (χ0v) is 14.6. The van der Waals surface area contributed by atoms with E-state index in [-0.39, 0.29) is 22.7 Å². The highest BCUT2D eigenvalue weighted by molar-refractivity contribution is 6.39. The number of ether oxygens (including phenoxy) is 2. The molecule has 0 heterocycles. The minimum absolute atomic E-state index is 0.188. The van der Waals surface area contributed by atoms with Crippen LogP contribution in [0.5, 0.6) is 11.5 Å². The number of allylic oxidation sites excluding steroid dienone is 7. The maximum atomic E-state index is 12.6. The van der Waals surface area contributed by atoms with Crippen molar-refractivity contribution in [1.29, 1.82) is 0 Å². The topological polar surface area (TPSA) is 61.6 Å². The lowest BCUT2D eigenvalue weighted by Crippen LogP contribution is -2.30. The number of hydrogen-bond donors (Lipinski definition) is 0. The Kier molecular flexibility index (Phi) is 4.31. The molecule has 0 bridgehead atoms. The Morgan fingerprint density at radius 1 is 0.920 bits per heavy atom. The fourth-order valence-electron chi connectivity index (χ4n) is 2.84. The van der Waals surface area contributed by atoms with Gasteiger partial charge < -0.3 is 14.6 Å². The van der Waals surface area contributed by atoms with E-state index in [9.17, 15) is 9.90 Å². The SMILES string of the molecule is COc1ccc(C2=C([O-])C(=C3C=CC(=[N+](C)C)C=C3)C2=O)cc1OC. The summed E-state index contributed by atoms with van der Waals surface area (Å²) in [5.74, 6) is 0.552. The van der Waals surface area contributed by atoms with Crippen molar-refractivity contribution < 1.29 is 24.0 Å². The molecule has 128 valence electrons. The summed E-state index contributed by atoms with van der Waals surface area (Å²) in [6.45, 7) is 0. The minimum atomic E-state index is -0.241. The van der Waals surface area contributed by atoms with E-state index in [2.05, 4.69) is 0 Å². The molecule has 0 aliphatic heterocycles. The number of Topliss-reactive ketones (excluding diaryl/α,β-unsaturated/α-hetero) is 1. The van der Waals surface area contributed by atoms with Gasteiger partial charge in [0.2, 0.25) is 0 Å². The highest BCUT2D eigenvalue weighted by Gasteiger charge is 2.31. The van der Waals surface area contributed by atoms with Crippen LogP contribution >= 0.6 is 0 Å². The van der Waals surface area contributed by atoms with Crippen molar-refractivity contribution in [3.8, 4) is 11.5 Å². The molecule has 3 rings (SSSR count). The van der Waals surface area contributed by atoms with Crippen LogP contribution in [0.4, 0.5) is 0 Å². The normalized spacial score (nSPS) is 16.3. The summed E-state index contributed by atoms with van der Waals surface area (Å²) in [6, 6.07) is 5.03. The van der Waals surface area contributed by atoms with Gasteiger partial charge in [0.05, 0.1) is 14.2 Å². The number of benzene rings is 1. The first kappa shape index (κ1) is 16.8. The molecule has 0 amide bonds. The van der Waals surface area contributed by atoms with Gasteiger partial charge in [-0.2, -0.15) is 0 Å². The molecule has 2 aliphatic carbocycles. The zero-order chi connectivity index (χ0) is 18.1. The Labute approximate surface area is 146 Å². The number of hydrogen-bond acceptors (Lipinski definition) is 4. The average molecular weight is 337 g/mol. The largest absolute Gasteiger partial charge is 0.871 e. The van der Waals surface area contributed by atoms with Gasteiger partial charge in [-0.1, -0.05) is 11.8 Å². The van der Waals surface area contributed by atoms with Gasteiger partial charge in [-0.15, -0.1) is 0 Å². The molecule has 0 radical (unpaired) electrons. The van der Waals surface area contributed by atoms with Crippen molar-refractivity contribution in [1.82, 2.24) is 0 Å². The monoisotopic (exact) mass is 337 g/mol. The smallest absolute Gasteiger partial charge is 0.199 e. The van der Waals surface area contributed by atoms with Crippen molar-refractivity contribution >= 4 is 17.1 Å². The van der Waals surface area contributed by atoms with Gasteiger partial charge >= 0.3 is 0 Å². The second kappa shape index (κ2) is 6.43. The van der Waals surface area contributed by atoms with Gasteiger partial charge in [0.1, 0.15) is 14.1 Å². The van der Waals surface area contributed by atoms with E-state index in [1.807, 2.05) is 30.8 Å². The second-order valence-electron chi connectivity index (χ2n) is 5.92. The van der Waals surface area contributed by atoms with Crippen LogP contribution in [0.25, 0.3) is 5.57 Å². The van der Waals surface area contributed by atoms with Crippen molar-refractivity contribution in [2.75, 3.05) is 28.3 Å². The summed E-state index contributed by atoms with van der Waals surface area (Å²) in [7, 11) is 6.92. The number of ketones is 1. The molecular formula is C20H19NO4. The molecule has 2 aliphatic rings. The molecule has 0 N–H and O–H groups in total. The third-order valence-corrected chi connectivity index (χ3v) is 4.25. The standard InChI is InChI=1S/C20H19NO4/c1-21(2)14-8-5-12(6-9-14)17-19(22)18(20(17)23)13-7-10-15(24-3)16(11-13)25-4/h5-11H,1-4H3. The summed E-state index contributed by atoms with van der Waals surface area (Å²) < 4.78 is 12.4. The van der Waals surface area contributed by atoms with Crippen LogP contribution in [0.15, 0.2) is 59.4 Å². The van der Waals surface area contributed by atoms with Gasteiger partial charge in [0.25, 0.3) is 0 Å². The van der Waals surface area contributed by atoms with E-state index in [1.165, 1.54) is 14.2 Å². The number of nitrogens with zero attached hydrogens (tertiary/aromatic N) is 1. The van der Waals surface area contributed by atoms with Gasteiger partial charge in [-0.05, 0) is 35.4 Å². The molecule has 0 saturated heterocycles. The van der Waals surface area contributed by atoms with Crippen molar-refractivity contribution in [2.45, 2.75) is 0 Å². The van der Waals surface area contributed by atoms with E-state index >= 15 is 0 Å². The Balaban J connectivity index is 2.01. The first-order chi connectivity index (χ1) is 12.0. The van der Waals surface area contributed by atoms with E-state index < -0.39 is 0 Å². The summed E-state index contributed by atoms with van der Waals surface area (Å²) in [4.78, 5) is 12.6. The molecule has 1 aromatic rings. The molecule has 0 fully saturated rings. The van der Waals surface area contributed by atoms with Gasteiger partial charge in [0, 0.05) is 23.3 Å². The molecule has 25 heavy (non-hydrogen) atoms. The highest BCUT2D eigenvalue weighted by Crippen LogP contribution is 2.40. The first-order valence-electron chi connectivity index (χ1n) is 7.81. The van der Waals surface area contributed by atoms with Crippen molar-refractivity contribution in [3.05, 3.63) is 65.0 Å². The molecule has 0 atom stereocenters. The van der Waals surface area contributed by atoms with E-state index in [4.69, 9.17) is 9.47 Å². The summed E-state index contributed by atoms with van der Waals surface area (Å²) in [6.07, 6.45) is 7.37. The van der Waals surface area contributed by atoms with Crippen LogP contribution in [0, 0.1) is 0 Å². The highest BCUT2D eigenvalue weighted by atomic mass is 16.5. The molecule has 5 nitrogen and oxygen atoms in total. The van der Waals surface area contributed by atoms with Crippen LogP contribution in [0.2, 0.25) is 0 Å². The van der Waals surface area contributed by atoms with Crippen LogP contribution < -0.4 is 14.6 Å². The minimum Gasteiger partial charge on any atom is -0.871 e. The van der Waals surface area contributed by atoms with Gasteiger partial charge in [-0.25, -0.2) is 4.58 Å². The number of methoxy groups -OCH3 is 2. The quantitative estimate of drug-likeness (QED) is 0.619. The van der Waals surface area contributed by atoms with Crippen LogP contribution in [-0.4, -0.2) is 44.4 Å². The lowest BCUT2D eigenvalue weighted by Gasteiger charge is -2.32. The summed E-state index contributed by atoms with van der Waals surface area (Å²) in [5, 5.41) is 12.6. The van der Waals surface area contributed by atoms with Gasteiger partial charge in [-0.3, -0.25) is 4.79 Å². The summed E-state index contributed by atoms with van der Waals surface area (Å²) in [5.41, 5.74) is 2.61. The molecule has 1 aromatic carbocycles. The second-order valence-corrected chi connectivity index (χ2v) is 5.92.